The Morgan fingerprint density at radius 2 is 1.89 bits per heavy atom. The third kappa shape index (κ3) is 5.03. The van der Waals surface area contributed by atoms with Gasteiger partial charge in [-0.3, -0.25) is 4.79 Å². The topological polar surface area (TPSA) is 32.3 Å². The molecule has 1 aromatic carbocycles. The minimum Gasteiger partial charge on any atom is -0.354 e. The van der Waals surface area contributed by atoms with Crippen LogP contribution in [0.5, 0.6) is 0 Å². The molecule has 0 aliphatic heterocycles. The van der Waals surface area contributed by atoms with Gasteiger partial charge in [0.2, 0.25) is 5.91 Å². The van der Waals surface area contributed by atoms with E-state index in [1.54, 1.807) is 0 Å². The lowest BCUT2D eigenvalue weighted by atomic mass is 10.0. The molecule has 19 heavy (non-hydrogen) atoms. The monoisotopic (exact) mass is 262 g/mol. The first-order chi connectivity index (χ1) is 9.06. The molecule has 1 aromatic rings. The van der Waals surface area contributed by atoms with Crippen molar-refractivity contribution < 1.29 is 4.79 Å². The molecule has 0 fully saturated rings. The lowest BCUT2D eigenvalue weighted by Gasteiger charge is -2.25. The maximum absolute atomic E-state index is 12.0. The molecule has 3 heteroatoms. The molecular formula is C16H26N2O. The smallest absolute Gasteiger partial charge is 0.222 e. The van der Waals surface area contributed by atoms with Crippen LogP contribution in [0.25, 0.3) is 0 Å². The molecule has 1 N–H and O–H groups in total. The Bertz CT molecular complexity index is 376. The van der Waals surface area contributed by atoms with Gasteiger partial charge in [0.15, 0.2) is 0 Å². The Hall–Kier alpha value is -1.35. The summed E-state index contributed by atoms with van der Waals surface area (Å²) in [4.78, 5) is 14.1. The Morgan fingerprint density at radius 1 is 1.26 bits per heavy atom. The van der Waals surface area contributed by atoms with Gasteiger partial charge in [-0.15, -0.1) is 0 Å². The zero-order valence-corrected chi connectivity index (χ0v) is 12.5. The zero-order chi connectivity index (χ0) is 14.3. The fourth-order valence-corrected chi connectivity index (χ4v) is 2.21. The highest BCUT2D eigenvalue weighted by molar-refractivity contribution is 5.78. The van der Waals surface area contributed by atoms with Crippen molar-refractivity contribution in [2.45, 2.75) is 32.7 Å². The standard InChI is InChI=1S/C16H26N2O/c1-5-9-13(2)16(19)17-12-15(18(3)4)14-10-7-6-8-11-14/h6-8,10-11,13,15H,5,9,12H2,1-4H3,(H,17,19). The van der Waals surface area contributed by atoms with E-state index < -0.39 is 0 Å². The number of hydrogen-bond acceptors (Lipinski definition) is 2. The van der Waals surface area contributed by atoms with Crippen molar-refractivity contribution in [3.8, 4) is 0 Å². The SMILES string of the molecule is CCCC(C)C(=O)NCC(c1ccccc1)N(C)C. The van der Waals surface area contributed by atoms with Crippen LogP contribution < -0.4 is 5.32 Å². The van der Waals surface area contributed by atoms with Crippen molar-refractivity contribution in [1.82, 2.24) is 10.2 Å². The fraction of sp³-hybridized carbons (Fsp3) is 0.562. The van der Waals surface area contributed by atoms with Crippen LogP contribution >= 0.6 is 0 Å². The van der Waals surface area contributed by atoms with Crippen LogP contribution in [-0.2, 0) is 4.79 Å². The van der Waals surface area contributed by atoms with E-state index in [2.05, 4.69) is 29.3 Å². The Kier molecular flexibility index (Phi) is 6.57. The van der Waals surface area contributed by atoms with Crippen molar-refractivity contribution in [3.05, 3.63) is 35.9 Å². The van der Waals surface area contributed by atoms with E-state index in [1.807, 2.05) is 39.2 Å². The van der Waals surface area contributed by atoms with Crippen LogP contribution in [0.15, 0.2) is 30.3 Å². The number of benzene rings is 1. The number of likely N-dealkylation sites (N-methyl/N-ethyl adjacent to an activating group) is 1. The number of carbonyl (C=O) groups is 1. The highest BCUT2D eigenvalue weighted by Gasteiger charge is 2.17. The van der Waals surface area contributed by atoms with E-state index in [0.717, 1.165) is 12.8 Å². The van der Waals surface area contributed by atoms with Crippen molar-refractivity contribution in [1.29, 1.82) is 0 Å². The molecule has 0 bridgehead atoms. The highest BCUT2D eigenvalue weighted by Crippen LogP contribution is 2.17. The van der Waals surface area contributed by atoms with Gasteiger partial charge in [-0.2, -0.15) is 0 Å². The largest absolute Gasteiger partial charge is 0.354 e. The molecule has 0 spiro atoms. The maximum atomic E-state index is 12.0. The molecule has 0 saturated carbocycles. The molecule has 0 saturated heterocycles. The van der Waals surface area contributed by atoms with Gasteiger partial charge in [0, 0.05) is 12.5 Å². The Labute approximate surface area is 117 Å². The van der Waals surface area contributed by atoms with Crippen LogP contribution in [0.2, 0.25) is 0 Å². The Balaban J connectivity index is 2.59. The number of amides is 1. The molecule has 2 unspecified atom stereocenters. The van der Waals surface area contributed by atoms with Crippen LogP contribution in [0.1, 0.15) is 38.3 Å². The summed E-state index contributed by atoms with van der Waals surface area (Å²) in [5, 5.41) is 3.07. The van der Waals surface area contributed by atoms with E-state index in [0.29, 0.717) is 6.54 Å². The summed E-state index contributed by atoms with van der Waals surface area (Å²) < 4.78 is 0. The first kappa shape index (κ1) is 15.7. The molecule has 0 radical (unpaired) electrons. The third-order valence-corrected chi connectivity index (χ3v) is 3.45. The van der Waals surface area contributed by atoms with Crippen molar-refractivity contribution >= 4 is 5.91 Å². The summed E-state index contributed by atoms with van der Waals surface area (Å²) >= 11 is 0. The lowest BCUT2D eigenvalue weighted by molar-refractivity contribution is -0.124. The quantitative estimate of drug-likeness (QED) is 0.819. The van der Waals surface area contributed by atoms with E-state index >= 15 is 0 Å². The van der Waals surface area contributed by atoms with Crippen LogP contribution in [0.4, 0.5) is 0 Å². The molecule has 0 heterocycles. The first-order valence-corrected chi connectivity index (χ1v) is 7.05. The predicted octanol–water partition coefficient (Wildman–Crippen LogP) is 2.84. The Morgan fingerprint density at radius 3 is 2.42 bits per heavy atom. The van der Waals surface area contributed by atoms with Gasteiger partial charge in [-0.05, 0) is 26.1 Å². The number of rotatable bonds is 7. The number of carbonyl (C=O) groups excluding carboxylic acids is 1. The second-order valence-corrected chi connectivity index (χ2v) is 5.32. The van der Waals surface area contributed by atoms with E-state index in [1.165, 1.54) is 5.56 Å². The van der Waals surface area contributed by atoms with E-state index in [9.17, 15) is 4.79 Å². The van der Waals surface area contributed by atoms with Crippen LogP contribution in [0, 0.1) is 5.92 Å². The average molecular weight is 262 g/mol. The van der Waals surface area contributed by atoms with Crippen molar-refractivity contribution in [3.63, 3.8) is 0 Å². The zero-order valence-electron chi connectivity index (χ0n) is 12.5. The summed E-state index contributed by atoms with van der Waals surface area (Å²) in [5.74, 6) is 0.258. The molecular weight excluding hydrogens is 236 g/mol. The number of hydrogen-bond donors (Lipinski definition) is 1. The average Bonchev–Trinajstić information content (AvgIpc) is 2.39. The second-order valence-electron chi connectivity index (χ2n) is 5.32. The number of nitrogens with zero attached hydrogens (tertiary/aromatic N) is 1. The molecule has 0 aliphatic carbocycles. The molecule has 1 rings (SSSR count). The molecule has 2 atom stereocenters. The van der Waals surface area contributed by atoms with Crippen molar-refractivity contribution in [2.24, 2.45) is 5.92 Å². The minimum atomic E-state index is 0.101. The van der Waals surface area contributed by atoms with Gasteiger partial charge in [-0.25, -0.2) is 0 Å². The van der Waals surface area contributed by atoms with Crippen LogP contribution in [-0.4, -0.2) is 31.4 Å². The first-order valence-electron chi connectivity index (χ1n) is 7.05. The minimum absolute atomic E-state index is 0.101. The van der Waals surface area contributed by atoms with Crippen molar-refractivity contribution in [2.75, 3.05) is 20.6 Å². The van der Waals surface area contributed by atoms with Gasteiger partial charge in [0.1, 0.15) is 0 Å². The van der Waals surface area contributed by atoms with E-state index in [-0.39, 0.29) is 17.9 Å². The summed E-state index contributed by atoms with van der Waals surface area (Å²) in [5.41, 5.74) is 1.23. The predicted molar refractivity (Wildman–Crippen MR) is 80.0 cm³/mol. The number of nitrogens with one attached hydrogen (secondary N) is 1. The molecule has 1 amide bonds. The molecule has 0 aliphatic rings. The van der Waals surface area contributed by atoms with Gasteiger partial charge < -0.3 is 10.2 Å². The maximum Gasteiger partial charge on any atom is 0.222 e. The summed E-state index contributed by atoms with van der Waals surface area (Å²) in [6, 6.07) is 10.5. The normalized spacial score (nSPS) is 14.2. The van der Waals surface area contributed by atoms with Gasteiger partial charge in [0.25, 0.3) is 0 Å². The van der Waals surface area contributed by atoms with Gasteiger partial charge in [0.05, 0.1) is 6.04 Å². The van der Waals surface area contributed by atoms with Crippen LogP contribution in [0.3, 0.4) is 0 Å². The third-order valence-electron chi connectivity index (χ3n) is 3.45. The van der Waals surface area contributed by atoms with E-state index in [4.69, 9.17) is 0 Å². The highest BCUT2D eigenvalue weighted by atomic mass is 16.1. The summed E-state index contributed by atoms with van der Waals surface area (Å²) in [6.07, 6.45) is 1.99. The molecule has 0 aromatic heterocycles. The summed E-state index contributed by atoms with van der Waals surface area (Å²) in [6.45, 7) is 4.76. The fourth-order valence-electron chi connectivity index (χ4n) is 2.21. The van der Waals surface area contributed by atoms with Gasteiger partial charge in [-0.1, -0.05) is 50.6 Å². The van der Waals surface area contributed by atoms with Gasteiger partial charge >= 0.3 is 0 Å². The molecule has 106 valence electrons. The summed E-state index contributed by atoms with van der Waals surface area (Å²) in [7, 11) is 4.08. The lowest BCUT2D eigenvalue weighted by Crippen LogP contribution is -2.37. The molecule has 3 nitrogen and oxygen atoms in total. The second kappa shape index (κ2) is 7.95.